The first kappa shape index (κ1) is 14.7. The van der Waals surface area contributed by atoms with Crippen LogP contribution < -0.4 is 11.1 Å². The van der Waals surface area contributed by atoms with Crippen LogP contribution >= 0.6 is 27.3 Å². The van der Waals surface area contributed by atoms with Crippen LogP contribution in [0.25, 0.3) is 0 Å². The van der Waals surface area contributed by atoms with E-state index in [2.05, 4.69) is 27.3 Å². The Morgan fingerprint density at radius 3 is 2.65 bits per heavy atom. The summed E-state index contributed by atoms with van der Waals surface area (Å²) < 4.78 is 1.12. The third-order valence-corrected chi connectivity index (χ3v) is 4.20. The molecule has 0 saturated heterocycles. The highest BCUT2D eigenvalue weighted by Gasteiger charge is 2.26. The van der Waals surface area contributed by atoms with E-state index >= 15 is 0 Å². The Bertz CT molecular complexity index is 384. The molecule has 0 aliphatic heterocycles. The van der Waals surface area contributed by atoms with Gasteiger partial charge in [-0.2, -0.15) is 0 Å². The maximum atomic E-state index is 11.7. The Morgan fingerprint density at radius 1 is 1.53 bits per heavy atom. The quantitative estimate of drug-likeness (QED) is 0.896. The topological polar surface area (TPSA) is 55.1 Å². The van der Waals surface area contributed by atoms with Crippen LogP contribution in [0.1, 0.15) is 25.6 Å². The summed E-state index contributed by atoms with van der Waals surface area (Å²) in [6.07, 6.45) is 0.846. The minimum Gasteiger partial charge on any atom is -0.354 e. The molecule has 0 aliphatic rings. The number of halogens is 1. The molecule has 0 spiro atoms. The lowest BCUT2D eigenvalue weighted by atomic mass is 9.87. The largest absolute Gasteiger partial charge is 0.354 e. The smallest absolute Gasteiger partial charge is 0.237 e. The van der Waals surface area contributed by atoms with Gasteiger partial charge in [-0.3, -0.25) is 4.79 Å². The lowest BCUT2D eigenvalue weighted by molar-refractivity contribution is -0.124. The average Bonchev–Trinajstić information content (AvgIpc) is 2.61. The Kier molecular flexibility index (Phi) is 5.16. The summed E-state index contributed by atoms with van der Waals surface area (Å²) in [5.74, 6) is -0.0758. The van der Waals surface area contributed by atoms with Gasteiger partial charge in [-0.15, -0.1) is 11.3 Å². The first-order valence-corrected chi connectivity index (χ1v) is 7.19. The molecular weight excluding hydrogens is 300 g/mol. The minimum atomic E-state index is -0.461. The number of nitrogens with two attached hydrogens (primary N) is 1. The molecule has 96 valence electrons. The molecular formula is C12H19BrN2OS. The van der Waals surface area contributed by atoms with Crippen molar-refractivity contribution in [2.45, 2.75) is 33.2 Å². The van der Waals surface area contributed by atoms with Crippen molar-refractivity contribution in [1.29, 1.82) is 0 Å². The summed E-state index contributed by atoms with van der Waals surface area (Å²) in [5, 5.41) is 2.87. The van der Waals surface area contributed by atoms with Crippen LogP contribution in [-0.4, -0.2) is 18.5 Å². The van der Waals surface area contributed by atoms with Crippen molar-refractivity contribution in [3.05, 3.63) is 20.8 Å². The van der Waals surface area contributed by atoms with Crippen LogP contribution in [0.4, 0.5) is 0 Å². The lowest BCUT2D eigenvalue weighted by Crippen LogP contribution is -2.48. The molecule has 1 amide bonds. The predicted molar refractivity (Wildman–Crippen MR) is 76.2 cm³/mol. The second kappa shape index (κ2) is 5.98. The van der Waals surface area contributed by atoms with Gasteiger partial charge in [0, 0.05) is 11.4 Å². The van der Waals surface area contributed by atoms with E-state index in [-0.39, 0.29) is 11.3 Å². The highest BCUT2D eigenvalue weighted by molar-refractivity contribution is 9.11. The zero-order valence-electron chi connectivity index (χ0n) is 10.4. The normalized spacial score (nSPS) is 13.5. The molecule has 1 aromatic rings. The van der Waals surface area contributed by atoms with E-state index in [0.29, 0.717) is 6.54 Å². The van der Waals surface area contributed by atoms with E-state index in [4.69, 9.17) is 5.73 Å². The second-order valence-corrected chi connectivity index (χ2v) is 7.64. The molecule has 0 unspecified atom stereocenters. The Morgan fingerprint density at radius 2 is 2.18 bits per heavy atom. The molecule has 1 rings (SSSR count). The van der Waals surface area contributed by atoms with Crippen molar-refractivity contribution in [3.8, 4) is 0 Å². The molecule has 5 heteroatoms. The third-order valence-electron chi connectivity index (χ3n) is 2.51. The Labute approximate surface area is 115 Å². The van der Waals surface area contributed by atoms with Gasteiger partial charge >= 0.3 is 0 Å². The number of carbonyl (C=O) groups excluding carboxylic acids is 1. The van der Waals surface area contributed by atoms with Gasteiger partial charge in [0.15, 0.2) is 0 Å². The lowest BCUT2D eigenvalue weighted by Gasteiger charge is -2.25. The first-order chi connectivity index (χ1) is 7.80. The van der Waals surface area contributed by atoms with Gasteiger partial charge in [0.1, 0.15) is 0 Å². The number of amides is 1. The van der Waals surface area contributed by atoms with E-state index in [9.17, 15) is 4.79 Å². The second-order valence-electron chi connectivity index (χ2n) is 5.09. The van der Waals surface area contributed by atoms with Crippen molar-refractivity contribution >= 4 is 33.2 Å². The number of carbonyl (C=O) groups is 1. The molecule has 3 nitrogen and oxygen atoms in total. The van der Waals surface area contributed by atoms with E-state index in [1.165, 1.54) is 4.88 Å². The van der Waals surface area contributed by atoms with Gasteiger partial charge in [-0.05, 0) is 39.9 Å². The molecule has 0 fully saturated rings. The summed E-state index contributed by atoms with van der Waals surface area (Å²) in [4.78, 5) is 13.0. The molecule has 0 aliphatic carbocycles. The Hall–Kier alpha value is -0.390. The number of hydrogen-bond acceptors (Lipinski definition) is 3. The molecule has 0 bridgehead atoms. The highest BCUT2D eigenvalue weighted by atomic mass is 79.9. The van der Waals surface area contributed by atoms with Gasteiger partial charge in [-0.1, -0.05) is 20.8 Å². The summed E-state index contributed by atoms with van der Waals surface area (Å²) in [6.45, 7) is 6.53. The number of thiophene rings is 1. The van der Waals surface area contributed by atoms with Crippen molar-refractivity contribution in [1.82, 2.24) is 5.32 Å². The fourth-order valence-corrected chi connectivity index (χ4v) is 2.78. The summed E-state index contributed by atoms with van der Waals surface area (Å²) >= 11 is 5.10. The third kappa shape index (κ3) is 4.77. The summed E-state index contributed by atoms with van der Waals surface area (Å²) in [5.41, 5.74) is 5.66. The summed E-state index contributed by atoms with van der Waals surface area (Å²) in [7, 11) is 0. The van der Waals surface area contributed by atoms with E-state index in [1.54, 1.807) is 11.3 Å². The number of hydrogen-bond donors (Lipinski definition) is 2. The molecule has 0 aromatic carbocycles. The van der Waals surface area contributed by atoms with Crippen LogP contribution in [-0.2, 0) is 11.2 Å². The van der Waals surface area contributed by atoms with Gasteiger partial charge < -0.3 is 11.1 Å². The van der Waals surface area contributed by atoms with Gasteiger partial charge in [-0.25, -0.2) is 0 Å². The van der Waals surface area contributed by atoms with Crippen molar-refractivity contribution < 1.29 is 4.79 Å². The maximum absolute atomic E-state index is 11.7. The predicted octanol–water partition coefficient (Wildman–Crippen LogP) is 2.54. The zero-order valence-corrected chi connectivity index (χ0v) is 12.8. The zero-order chi connectivity index (χ0) is 13.1. The van der Waals surface area contributed by atoms with Crippen LogP contribution in [0.5, 0.6) is 0 Å². The molecule has 1 heterocycles. The van der Waals surface area contributed by atoms with Crippen LogP contribution in [0.2, 0.25) is 0 Å². The van der Waals surface area contributed by atoms with Crippen molar-refractivity contribution in [2.24, 2.45) is 11.1 Å². The van der Waals surface area contributed by atoms with E-state index in [0.717, 1.165) is 10.2 Å². The monoisotopic (exact) mass is 318 g/mol. The van der Waals surface area contributed by atoms with E-state index < -0.39 is 6.04 Å². The van der Waals surface area contributed by atoms with Crippen LogP contribution in [0.15, 0.2) is 15.9 Å². The van der Waals surface area contributed by atoms with Crippen LogP contribution in [0, 0.1) is 5.41 Å². The van der Waals surface area contributed by atoms with Crippen molar-refractivity contribution in [2.75, 3.05) is 6.54 Å². The number of nitrogens with one attached hydrogen (secondary N) is 1. The summed E-state index contributed by atoms with van der Waals surface area (Å²) in [6, 6.07) is 3.62. The number of rotatable bonds is 4. The van der Waals surface area contributed by atoms with Gasteiger partial charge in [0.25, 0.3) is 0 Å². The van der Waals surface area contributed by atoms with Crippen molar-refractivity contribution in [3.63, 3.8) is 0 Å². The maximum Gasteiger partial charge on any atom is 0.237 e. The van der Waals surface area contributed by atoms with E-state index in [1.807, 2.05) is 26.8 Å². The SMILES string of the molecule is CC(C)(C)[C@@H](N)C(=O)NCCc1ccc(Br)s1. The highest BCUT2D eigenvalue weighted by Crippen LogP contribution is 2.22. The Balaban J connectivity index is 2.34. The molecule has 3 N–H and O–H groups in total. The molecule has 1 aromatic heterocycles. The minimum absolute atomic E-state index is 0.0758. The molecule has 0 saturated carbocycles. The van der Waals surface area contributed by atoms with Gasteiger partial charge in [0.05, 0.1) is 9.83 Å². The fraction of sp³-hybridized carbons (Fsp3) is 0.583. The van der Waals surface area contributed by atoms with Gasteiger partial charge in [0.2, 0.25) is 5.91 Å². The first-order valence-electron chi connectivity index (χ1n) is 5.58. The average molecular weight is 319 g/mol. The standard InChI is InChI=1S/C12H19BrN2OS/c1-12(2,3)10(14)11(16)15-7-6-8-4-5-9(13)17-8/h4-5,10H,6-7,14H2,1-3H3,(H,15,16)/t10-/m0/s1. The molecule has 0 radical (unpaired) electrons. The molecule has 17 heavy (non-hydrogen) atoms. The van der Waals surface area contributed by atoms with Crippen LogP contribution in [0.3, 0.4) is 0 Å². The molecule has 1 atom stereocenters. The fourth-order valence-electron chi connectivity index (χ4n) is 1.30.